The van der Waals surface area contributed by atoms with E-state index in [1.165, 1.54) is 0 Å². The van der Waals surface area contributed by atoms with Crippen molar-refractivity contribution < 1.29 is 13.5 Å². The number of rotatable bonds is 6. The minimum Gasteiger partial charge on any atom is -0.396 e. The van der Waals surface area contributed by atoms with Gasteiger partial charge in [0.15, 0.2) is 0 Å². The van der Waals surface area contributed by atoms with Crippen LogP contribution in [-0.2, 0) is 10.0 Å². The van der Waals surface area contributed by atoms with Gasteiger partial charge in [-0.2, -0.15) is 0 Å². The molecule has 15 heavy (non-hydrogen) atoms. The average Bonchev–Trinajstić information content (AvgIpc) is 2.65. The Balaban J connectivity index is 2.45. The zero-order valence-electron chi connectivity index (χ0n) is 9.15. The molecular formula is C9H20N2O3S. The summed E-state index contributed by atoms with van der Waals surface area (Å²) in [7, 11) is -1.34. The van der Waals surface area contributed by atoms with Crippen LogP contribution in [0.3, 0.4) is 0 Å². The van der Waals surface area contributed by atoms with Gasteiger partial charge in [0.05, 0.1) is 5.75 Å². The van der Waals surface area contributed by atoms with E-state index in [1.807, 2.05) is 0 Å². The molecule has 0 aromatic carbocycles. The highest BCUT2D eigenvalue weighted by Gasteiger charge is 2.30. The molecule has 1 unspecified atom stereocenters. The van der Waals surface area contributed by atoms with E-state index in [4.69, 9.17) is 5.11 Å². The van der Waals surface area contributed by atoms with Gasteiger partial charge in [0.2, 0.25) is 10.0 Å². The van der Waals surface area contributed by atoms with Crippen LogP contribution in [0.1, 0.15) is 12.8 Å². The van der Waals surface area contributed by atoms with Crippen LogP contribution in [0.15, 0.2) is 0 Å². The Bertz CT molecular complexity index is 279. The van der Waals surface area contributed by atoms with Crippen molar-refractivity contribution >= 4 is 10.0 Å². The van der Waals surface area contributed by atoms with Gasteiger partial charge in [0, 0.05) is 26.2 Å². The molecule has 1 rings (SSSR count). The first-order valence-electron chi connectivity index (χ1n) is 5.33. The van der Waals surface area contributed by atoms with Gasteiger partial charge in [0.1, 0.15) is 0 Å². The highest BCUT2D eigenvalue weighted by Crippen LogP contribution is 2.21. The zero-order valence-corrected chi connectivity index (χ0v) is 9.96. The van der Waals surface area contributed by atoms with E-state index in [2.05, 4.69) is 5.32 Å². The predicted octanol–water partition coefficient (Wildman–Crippen LogP) is -0.760. The Morgan fingerprint density at radius 1 is 1.53 bits per heavy atom. The fourth-order valence-electron chi connectivity index (χ4n) is 1.83. The van der Waals surface area contributed by atoms with E-state index in [1.54, 1.807) is 11.4 Å². The second-order valence-electron chi connectivity index (χ2n) is 3.94. The molecule has 1 saturated heterocycles. The molecule has 0 bridgehead atoms. The van der Waals surface area contributed by atoms with Crippen molar-refractivity contribution in [1.29, 1.82) is 0 Å². The molecule has 1 aliphatic rings. The number of nitrogens with zero attached hydrogens (tertiary/aromatic N) is 1. The lowest BCUT2D eigenvalue weighted by Gasteiger charge is -2.16. The van der Waals surface area contributed by atoms with E-state index < -0.39 is 10.0 Å². The Labute approximate surface area is 91.5 Å². The number of hydrogen-bond donors (Lipinski definition) is 2. The quantitative estimate of drug-likeness (QED) is 0.636. The summed E-state index contributed by atoms with van der Waals surface area (Å²) in [6, 6.07) is 0. The second-order valence-corrected chi connectivity index (χ2v) is 6.03. The van der Waals surface area contributed by atoms with Gasteiger partial charge in [-0.05, 0) is 25.8 Å². The average molecular weight is 236 g/mol. The van der Waals surface area contributed by atoms with Crippen LogP contribution in [0, 0.1) is 5.92 Å². The second kappa shape index (κ2) is 5.79. The standard InChI is InChI=1S/C9H20N2O3S/c1-10-4-7-15(13,14)11-5-2-9(8-11)3-6-12/h9-10,12H,2-8H2,1H3. The van der Waals surface area contributed by atoms with Gasteiger partial charge < -0.3 is 10.4 Å². The van der Waals surface area contributed by atoms with Crippen LogP contribution in [-0.4, -0.2) is 56.9 Å². The Kier molecular flexibility index (Phi) is 4.98. The van der Waals surface area contributed by atoms with Gasteiger partial charge >= 0.3 is 0 Å². The first-order valence-corrected chi connectivity index (χ1v) is 6.94. The minimum absolute atomic E-state index is 0.148. The Morgan fingerprint density at radius 2 is 2.27 bits per heavy atom. The molecular weight excluding hydrogens is 216 g/mol. The molecule has 90 valence electrons. The lowest BCUT2D eigenvalue weighted by atomic mass is 10.1. The molecule has 1 aliphatic heterocycles. The maximum Gasteiger partial charge on any atom is 0.215 e. The summed E-state index contributed by atoms with van der Waals surface area (Å²) >= 11 is 0. The largest absolute Gasteiger partial charge is 0.396 e. The van der Waals surface area contributed by atoms with Crippen LogP contribution >= 0.6 is 0 Å². The molecule has 0 aromatic heterocycles. The van der Waals surface area contributed by atoms with Gasteiger partial charge in [0.25, 0.3) is 0 Å². The number of aliphatic hydroxyl groups excluding tert-OH is 1. The molecule has 2 N–H and O–H groups in total. The van der Waals surface area contributed by atoms with Crippen LogP contribution in [0.4, 0.5) is 0 Å². The number of sulfonamides is 1. The smallest absolute Gasteiger partial charge is 0.215 e. The van der Waals surface area contributed by atoms with E-state index in [0.717, 1.165) is 6.42 Å². The van der Waals surface area contributed by atoms with Crippen molar-refractivity contribution in [2.45, 2.75) is 12.8 Å². The molecule has 1 fully saturated rings. The maximum atomic E-state index is 11.8. The molecule has 5 nitrogen and oxygen atoms in total. The van der Waals surface area contributed by atoms with Crippen molar-refractivity contribution in [2.75, 3.05) is 39.0 Å². The summed E-state index contributed by atoms with van der Waals surface area (Å²) in [5.41, 5.74) is 0. The lowest BCUT2D eigenvalue weighted by Crippen LogP contribution is -2.34. The molecule has 0 radical (unpaired) electrons. The van der Waals surface area contributed by atoms with Crippen molar-refractivity contribution in [3.63, 3.8) is 0 Å². The SMILES string of the molecule is CNCCS(=O)(=O)N1CCC(CCO)C1. The first-order chi connectivity index (χ1) is 7.10. The van der Waals surface area contributed by atoms with E-state index in [0.29, 0.717) is 32.0 Å². The Hall–Kier alpha value is -0.170. The van der Waals surface area contributed by atoms with Gasteiger partial charge in [-0.1, -0.05) is 0 Å². The van der Waals surface area contributed by atoms with Crippen molar-refractivity contribution in [1.82, 2.24) is 9.62 Å². The summed E-state index contributed by atoms with van der Waals surface area (Å²) in [6.07, 6.45) is 1.58. The predicted molar refractivity (Wildman–Crippen MR) is 59.1 cm³/mol. The summed E-state index contributed by atoms with van der Waals surface area (Å²) in [6.45, 7) is 1.82. The minimum atomic E-state index is -3.08. The van der Waals surface area contributed by atoms with Crippen molar-refractivity contribution in [2.24, 2.45) is 5.92 Å². The summed E-state index contributed by atoms with van der Waals surface area (Å²) in [5, 5.41) is 11.6. The fourth-order valence-corrected chi connectivity index (χ4v) is 3.37. The zero-order chi connectivity index (χ0) is 11.3. The van der Waals surface area contributed by atoms with Gasteiger partial charge in [-0.15, -0.1) is 0 Å². The van der Waals surface area contributed by atoms with Crippen molar-refractivity contribution in [3.8, 4) is 0 Å². The summed E-state index contributed by atoms with van der Waals surface area (Å²) in [4.78, 5) is 0. The molecule has 0 aromatic rings. The van der Waals surface area contributed by atoms with Gasteiger partial charge in [-0.25, -0.2) is 12.7 Å². The maximum absolute atomic E-state index is 11.8. The van der Waals surface area contributed by atoms with E-state index in [9.17, 15) is 8.42 Å². The fraction of sp³-hybridized carbons (Fsp3) is 1.00. The molecule has 0 saturated carbocycles. The topological polar surface area (TPSA) is 69.6 Å². The van der Waals surface area contributed by atoms with E-state index >= 15 is 0 Å². The van der Waals surface area contributed by atoms with Crippen molar-refractivity contribution in [3.05, 3.63) is 0 Å². The molecule has 6 heteroatoms. The molecule has 1 heterocycles. The molecule has 1 atom stereocenters. The van der Waals surface area contributed by atoms with Gasteiger partial charge in [-0.3, -0.25) is 0 Å². The third-order valence-electron chi connectivity index (χ3n) is 2.79. The normalized spacial score (nSPS) is 23.5. The summed E-state index contributed by atoms with van der Waals surface area (Å²) < 4.78 is 25.1. The third-order valence-corrected chi connectivity index (χ3v) is 4.63. The van der Waals surface area contributed by atoms with Crippen LogP contribution < -0.4 is 5.32 Å². The summed E-state index contributed by atoms with van der Waals surface area (Å²) in [5.74, 6) is 0.495. The highest BCUT2D eigenvalue weighted by molar-refractivity contribution is 7.89. The number of aliphatic hydroxyl groups is 1. The van der Waals surface area contributed by atoms with Crippen LogP contribution in [0.5, 0.6) is 0 Å². The number of nitrogens with one attached hydrogen (secondary N) is 1. The molecule has 0 aliphatic carbocycles. The van der Waals surface area contributed by atoms with Crippen LogP contribution in [0.2, 0.25) is 0 Å². The Morgan fingerprint density at radius 3 is 2.87 bits per heavy atom. The first kappa shape index (κ1) is 12.9. The monoisotopic (exact) mass is 236 g/mol. The number of hydrogen-bond acceptors (Lipinski definition) is 4. The third kappa shape index (κ3) is 3.71. The molecule has 0 amide bonds. The van der Waals surface area contributed by atoms with Crippen LogP contribution in [0.25, 0.3) is 0 Å². The highest BCUT2D eigenvalue weighted by atomic mass is 32.2. The van der Waals surface area contributed by atoms with E-state index in [-0.39, 0.29) is 12.4 Å². The molecule has 0 spiro atoms. The lowest BCUT2D eigenvalue weighted by molar-refractivity contribution is 0.259.